The number of pyridine rings is 2. The van der Waals surface area contributed by atoms with Crippen LogP contribution >= 0.6 is 12.2 Å². The molecule has 0 aliphatic rings. The molecular weight excluding hydrogens is 985 g/mol. The number of nitrogens with two attached hydrogens (primary N) is 1. The predicted octanol–water partition coefficient (Wildman–Crippen LogP) is 12.3. The van der Waals surface area contributed by atoms with Crippen molar-refractivity contribution in [2.75, 3.05) is 62.7 Å². The summed E-state index contributed by atoms with van der Waals surface area (Å²) < 4.78 is 67.0. The van der Waals surface area contributed by atoms with Gasteiger partial charge in [0.2, 0.25) is 5.95 Å². The van der Waals surface area contributed by atoms with Crippen molar-refractivity contribution in [1.82, 2.24) is 29.3 Å². The van der Waals surface area contributed by atoms with Gasteiger partial charge >= 0.3 is 0 Å². The van der Waals surface area contributed by atoms with E-state index in [-0.39, 0.29) is 29.4 Å². The molecular formula is C56H64F4N10O4S. The highest BCUT2D eigenvalue weighted by molar-refractivity contribution is 7.78. The smallest absolute Gasteiger partial charge is 0.208 e. The third kappa shape index (κ3) is 17.5. The molecule has 0 aliphatic heterocycles. The Morgan fingerprint density at radius 3 is 1.73 bits per heavy atom. The molecule has 4 aromatic carbocycles. The molecule has 0 atom stereocenters. The number of Topliss-reactive ketones (excluding diaryl/α,β-unsaturated/α-hetero) is 2. The summed E-state index contributed by atoms with van der Waals surface area (Å²) in [5, 5.41) is 7.98. The normalized spacial score (nSPS) is 10.8. The second kappa shape index (κ2) is 28.8. The number of ether oxygens (including phenoxy) is 2. The van der Waals surface area contributed by atoms with Crippen LogP contribution in [0.2, 0.25) is 0 Å². The number of hydrogen-bond acceptors (Lipinski definition) is 14. The first-order valence-corrected chi connectivity index (χ1v) is 24.9. The van der Waals surface area contributed by atoms with Crippen LogP contribution < -0.4 is 25.8 Å². The van der Waals surface area contributed by atoms with Crippen molar-refractivity contribution >= 4 is 68.7 Å². The van der Waals surface area contributed by atoms with Crippen LogP contribution in [0.25, 0.3) is 11.0 Å². The van der Waals surface area contributed by atoms with E-state index in [1.54, 1.807) is 67.3 Å². The molecule has 7 rings (SSSR count). The molecule has 0 saturated carbocycles. The highest BCUT2D eigenvalue weighted by atomic mass is 32.1. The maximum Gasteiger partial charge on any atom is 0.208 e. The average Bonchev–Trinajstić information content (AvgIpc) is 3.68. The third-order valence-electron chi connectivity index (χ3n) is 11.6. The van der Waals surface area contributed by atoms with E-state index >= 15 is 0 Å². The van der Waals surface area contributed by atoms with E-state index in [9.17, 15) is 27.2 Å². The molecule has 0 fully saturated rings. The van der Waals surface area contributed by atoms with Gasteiger partial charge in [-0.3, -0.25) is 29.4 Å². The van der Waals surface area contributed by atoms with Crippen LogP contribution in [0.5, 0.6) is 23.0 Å². The van der Waals surface area contributed by atoms with E-state index < -0.39 is 23.3 Å². The molecule has 19 heteroatoms. The van der Waals surface area contributed by atoms with E-state index in [1.807, 2.05) is 36.5 Å². The maximum absolute atomic E-state index is 14.2. The lowest BCUT2D eigenvalue weighted by molar-refractivity contribution is -0.120. The van der Waals surface area contributed by atoms with Gasteiger partial charge in [0.15, 0.2) is 17.4 Å². The van der Waals surface area contributed by atoms with Crippen LogP contribution in [0.15, 0.2) is 102 Å². The number of nitrogens with one attached hydrogen (secondary N) is 2. The molecule has 0 unspecified atom stereocenters. The SMILES string of the molecule is CCCN(CC)CC(=O)Cc1cc(Oc2ccc(NC)c(N)c2)ccn1.CCCN(CC)CC(=O)Cc1cc(Oc2ccc3c(c2)nc(Nc2cc(C)c(F)cc2F)n3C)ccn1.Cc1cc(N=C=S)c(F)cc1F. The Balaban J connectivity index is 0.000000236. The second-order valence-corrected chi connectivity index (χ2v) is 17.6. The number of anilines is 4. The zero-order valence-electron chi connectivity index (χ0n) is 43.6. The van der Waals surface area contributed by atoms with E-state index in [1.165, 1.54) is 19.1 Å². The van der Waals surface area contributed by atoms with Crippen LogP contribution in [0.4, 0.5) is 46.3 Å². The van der Waals surface area contributed by atoms with Gasteiger partial charge < -0.3 is 30.4 Å². The summed E-state index contributed by atoms with van der Waals surface area (Å²) in [5.74, 6) is 0.482. The maximum atomic E-state index is 14.2. The van der Waals surface area contributed by atoms with Gasteiger partial charge in [-0.2, -0.15) is 4.99 Å². The molecule has 396 valence electrons. The van der Waals surface area contributed by atoms with Crippen LogP contribution in [-0.2, 0) is 29.5 Å². The molecule has 4 N–H and O–H groups in total. The number of rotatable bonds is 22. The van der Waals surface area contributed by atoms with E-state index in [0.717, 1.165) is 62.4 Å². The number of benzene rings is 4. The molecule has 14 nitrogen and oxygen atoms in total. The Morgan fingerprint density at radius 2 is 1.21 bits per heavy atom. The number of nitrogen functional groups attached to an aromatic ring is 1. The lowest BCUT2D eigenvalue weighted by Gasteiger charge is -2.18. The number of aryl methyl sites for hydroxylation is 3. The molecule has 0 saturated heterocycles. The minimum absolute atomic E-state index is 0.0175. The fourth-order valence-electron chi connectivity index (χ4n) is 7.69. The molecule has 0 spiro atoms. The number of carbonyl (C=O) groups is 2. The van der Waals surface area contributed by atoms with Gasteiger partial charge in [-0.05, 0) is 125 Å². The van der Waals surface area contributed by atoms with Gasteiger partial charge in [0.1, 0.15) is 46.1 Å². The third-order valence-corrected chi connectivity index (χ3v) is 11.7. The number of ketones is 2. The number of halogens is 4. The summed E-state index contributed by atoms with van der Waals surface area (Å²) >= 11 is 4.29. The highest BCUT2D eigenvalue weighted by Crippen LogP contribution is 2.31. The largest absolute Gasteiger partial charge is 0.457 e. The van der Waals surface area contributed by atoms with Crippen LogP contribution in [0, 0.1) is 37.1 Å². The zero-order valence-corrected chi connectivity index (χ0v) is 44.4. The number of isothiocyanates is 1. The lowest BCUT2D eigenvalue weighted by atomic mass is 10.2. The molecule has 0 amide bonds. The van der Waals surface area contributed by atoms with E-state index in [0.29, 0.717) is 82.2 Å². The first kappa shape index (κ1) is 58.3. The van der Waals surface area contributed by atoms with Gasteiger partial charge in [0.25, 0.3) is 0 Å². The standard InChI is InChI=1S/C28H31F2N5O2.C20H28N4O2.C8H5F2NS/c1-5-11-35(6-2)17-20(36)13-19-14-22(9-10-31-19)37-21-7-8-27-26(15-21)33-28(34(27)4)32-25-12-18(3)23(29)16-24(25)30;1-4-10-24(5-2)14-16(25)11-15-12-18(8-9-23-15)26-17-6-7-20(22-3)19(21)13-17;1-5-2-8(11-4-12)7(10)3-6(5)9/h7-10,12,14-16H,5-6,11,13,17H2,1-4H3,(H,32,33);6-9,12-13,22H,4-5,10-11,14,21H2,1-3H3;2-3H,1H3. The number of nitrogens with zero attached hydrogens (tertiary/aromatic N) is 7. The predicted molar refractivity (Wildman–Crippen MR) is 292 cm³/mol. The topological polar surface area (TPSA) is 165 Å². The summed E-state index contributed by atoms with van der Waals surface area (Å²) in [7, 11) is 3.62. The Kier molecular flexibility index (Phi) is 22.4. The number of aliphatic imine (C=N–C) groups is 1. The summed E-state index contributed by atoms with van der Waals surface area (Å²) in [6.45, 7) is 15.8. The van der Waals surface area contributed by atoms with Gasteiger partial charge in [0.05, 0.1) is 70.6 Å². The number of thiocarbonyl (C=S) groups is 1. The second-order valence-electron chi connectivity index (χ2n) is 17.4. The van der Waals surface area contributed by atoms with Crippen LogP contribution in [0.3, 0.4) is 0 Å². The van der Waals surface area contributed by atoms with Crippen LogP contribution in [0.1, 0.15) is 63.1 Å². The zero-order chi connectivity index (χ0) is 54.6. The van der Waals surface area contributed by atoms with E-state index in [4.69, 9.17) is 15.2 Å². The minimum Gasteiger partial charge on any atom is -0.457 e. The van der Waals surface area contributed by atoms with Crippen LogP contribution in [-0.4, -0.2) is 92.4 Å². The van der Waals surface area contributed by atoms with Gasteiger partial charge in [-0.25, -0.2) is 22.5 Å². The fourth-order valence-corrected chi connectivity index (χ4v) is 7.79. The Labute approximate surface area is 441 Å². The first-order valence-electron chi connectivity index (χ1n) is 24.5. The number of imidazole rings is 1. The Hall–Kier alpha value is -7.57. The number of aromatic nitrogens is 4. The number of fused-ring (bicyclic) bond motifs is 1. The first-order chi connectivity index (χ1) is 36.0. The van der Waals surface area contributed by atoms with Crippen molar-refractivity contribution in [3.8, 4) is 23.0 Å². The minimum atomic E-state index is -0.726. The van der Waals surface area contributed by atoms with Crippen molar-refractivity contribution in [1.29, 1.82) is 0 Å². The molecule has 75 heavy (non-hydrogen) atoms. The molecule has 3 heterocycles. The van der Waals surface area contributed by atoms with Crippen molar-refractivity contribution in [3.63, 3.8) is 0 Å². The summed E-state index contributed by atoms with van der Waals surface area (Å²) in [4.78, 5) is 45.7. The molecule has 0 bridgehead atoms. The molecule has 0 radical (unpaired) electrons. The van der Waals surface area contributed by atoms with E-state index in [2.05, 4.69) is 80.3 Å². The molecule has 0 aliphatic carbocycles. The van der Waals surface area contributed by atoms with Gasteiger partial charge in [-0.15, -0.1) is 0 Å². The van der Waals surface area contributed by atoms with Gasteiger partial charge in [0, 0.05) is 62.9 Å². The van der Waals surface area contributed by atoms with Crippen molar-refractivity contribution < 1.29 is 36.6 Å². The number of hydrogen-bond donors (Lipinski definition) is 3. The number of likely N-dealkylation sites (N-methyl/N-ethyl adjacent to an activating group) is 2. The summed E-state index contributed by atoms with van der Waals surface area (Å²) in [6.07, 6.45) is 5.88. The van der Waals surface area contributed by atoms with Gasteiger partial charge in [-0.1, -0.05) is 27.7 Å². The number of carbonyl (C=O) groups excluding carboxylic acids is 2. The summed E-state index contributed by atoms with van der Waals surface area (Å²) in [5.41, 5.74) is 11.1. The quantitative estimate of drug-likeness (QED) is 0.0254. The average molecular weight is 1050 g/mol. The Morgan fingerprint density at radius 1 is 0.693 bits per heavy atom. The molecule has 3 aromatic heterocycles. The van der Waals surface area contributed by atoms with Crippen molar-refractivity contribution in [3.05, 3.63) is 143 Å². The monoisotopic (exact) mass is 1050 g/mol. The highest BCUT2D eigenvalue weighted by Gasteiger charge is 2.16. The van der Waals surface area contributed by atoms with Crippen molar-refractivity contribution in [2.24, 2.45) is 12.0 Å². The Bertz CT molecular complexity index is 3110. The summed E-state index contributed by atoms with van der Waals surface area (Å²) in [6, 6.07) is 22.3. The lowest BCUT2D eigenvalue weighted by Crippen LogP contribution is -2.31. The fraction of sp³-hybridized carbons (Fsp3) is 0.321. The molecule has 7 aromatic rings. The van der Waals surface area contributed by atoms with Crippen molar-refractivity contribution in [2.45, 2.75) is 67.2 Å².